The number of methoxy groups -OCH3 is 1. The van der Waals surface area contributed by atoms with Gasteiger partial charge in [-0.25, -0.2) is 0 Å². The molecule has 2 aliphatic heterocycles. The molecule has 2 fully saturated rings. The van der Waals surface area contributed by atoms with Crippen molar-refractivity contribution in [2.24, 2.45) is 0 Å². The van der Waals surface area contributed by atoms with E-state index in [2.05, 4.69) is 13.8 Å². The van der Waals surface area contributed by atoms with Crippen molar-refractivity contribution in [3.05, 3.63) is 29.3 Å². The Morgan fingerprint density at radius 3 is 2.43 bits per heavy atom. The van der Waals surface area contributed by atoms with Gasteiger partial charge in [0, 0.05) is 25.9 Å². The third kappa shape index (κ3) is 3.21. The Morgan fingerprint density at radius 1 is 1.22 bits per heavy atom. The van der Waals surface area contributed by atoms with Crippen LogP contribution < -0.4 is 4.74 Å². The van der Waals surface area contributed by atoms with Gasteiger partial charge in [-0.2, -0.15) is 0 Å². The van der Waals surface area contributed by atoms with Crippen molar-refractivity contribution in [2.45, 2.75) is 38.4 Å². The number of hydrogen-bond donors (Lipinski definition) is 0. The molecule has 1 aromatic rings. The van der Waals surface area contributed by atoms with E-state index in [-0.39, 0.29) is 5.91 Å². The highest BCUT2D eigenvalue weighted by Crippen LogP contribution is 2.33. The molecule has 5 nitrogen and oxygen atoms in total. The Labute approximate surface area is 137 Å². The van der Waals surface area contributed by atoms with Gasteiger partial charge in [-0.1, -0.05) is 19.9 Å². The molecule has 0 radical (unpaired) electrons. The molecule has 0 unspecified atom stereocenters. The summed E-state index contributed by atoms with van der Waals surface area (Å²) in [5, 5.41) is 0. The molecule has 5 heteroatoms. The highest BCUT2D eigenvalue weighted by Gasteiger charge is 2.41. The van der Waals surface area contributed by atoms with Gasteiger partial charge in [0.1, 0.15) is 5.75 Å². The van der Waals surface area contributed by atoms with Crippen LogP contribution in [-0.2, 0) is 9.47 Å². The first kappa shape index (κ1) is 16.3. The number of nitrogens with zero attached hydrogens (tertiary/aromatic N) is 1. The maximum absolute atomic E-state index is 12.8. The van der Waals surface area contributed by atoms with Crippen molar-refractivity contribution in [1.29, 1.82) is 0 Å². The van der Waals surface area contributed by atoms with Gasteiger partial charge in [0.2, 0.25) is 0 Å². The topological polar surface area (TPSA) is 48.0 Å². The summed E-state index contributed by atoms with van der Waals surface area (Å²) in [6, 6.07) is 5.85. The Balaban J connectivity index is 1.73. The number of hydrogen-bond acceptors (Lipinski definition) is 4. The maximum Gasteiger partial charge on any atom is 0.257 e. The SMILES string of the molecule is COc1cc(C(C)C)ccc1C(=O)N1CCC2(CC1)OCCO2. The minimum atomic E-state index is -0.456. The lowest BCUT2D eigenvalue weighted by Gasteiger charge is -2.37. The summed E-state index contributed by atoms with van der Waals surface area (Å²) in [7, 11) is 1.61. The van der Waals surface area contributed by atoms with Gasteiger partial charge in [0.25, 0.3) is 5.91 Å². The molecule has 0 bridgehead atoms. The molecule has 0 atom stereocenters. The standard InChI is InChI=1S/C18H25NO4/c1-13(2)14-4-5-15(16(12-14)21-3)17(20)19-8-6-18(7-9-19)22-10-11-23-18/h4-5,12-13H,6-11H2,1-3H3. The summed E-state index contributed by atoms with van der Waals surface area (Å²) < 4.78 is 16.9. The normalized spacial score (nSPS) is 20.3. The van der Waals surface area contributed by atoms with Gasteiger partial charge in [-0.05, 0) is 23.6 Å². The van der Waals surface area contributed by atoms with Crippen molar-refractivity contribution in [3.8, 4) is 5.75 Å². The summed E-state index contributed by atoms with van der Waals surface area (Å²) in [5.74, 6) is 0.613. The van der Waals surface area contributed by atoms with Gasteiger partial charge in [-0.3, -0.25) is 4.79 Å². The van der Waals surface area contributed by atoms with Crippen LogP contribution in [0.4, 0.5) is 0 Å². The second-order valence-electron chi connectivity index (χ2n) is 6.51. The first-order valence-electron chi connectivity index (χ1n) is 8.30. The van der Waals surface area contributed by atoms with Crippen molar-refractivity contribution in [3.63, 3.8) is 0 Å². The fourth-order valence-electron chi connectivity index (χ4n) is 3.25. The van der Waals surface area contributed by atoms with E-state index < -0.39 is 5.79 Å². The summed E-state index contributed by atoms with van der Waals surface area (Å²) in [4.78, 5) is 14.7. The van der Waals surface area contributed by atoms with Crippen LogP contribution in [0.3, 0.4) is 0 Å². The summed E-state index contributed by atoms with van der Waals surface area (Å²) in [6.45, 7) is 6.85. The average Bonchev–Trinajstić information content (AvgIpc) is 3.02. The molecule has 1 amide bonds. The van der Waals surface area contributed by atoms with Crippen LogP contribution in [0.5, 0.6) is 5.75 Å². The molecule has 2 saturated heterocycles. The zero-order valence-corrected chi connectivity index (χ0v) is 14.1. The minimum absolute atomic E-state index is 0.0185. The van der Waals surface area contributed by atoms with Crippen LogP contribution in [0.15, 0.2) is 18.2 Å². The molecule has 1 spiro atoms. The van der Waals surface area contributed by atoms with Crippen LogP contribution >= 0.6 is 0 Å². The monoisotopic (exact) mass is 319 g/mol. The summed E-state index contributed by atoms with van der Waals surface area (Å²) in [6.07, 6.45) is 1.45. The molecular formula is C18H25NO4. The van der Waals surface area contributed by atoms with Gasteiger partial charge in [0.05, 0.1) is 25.9 Å². The van der Waals surface area contributed by atoms with Gasteiger partial charge in [0.15, 0.2) is 5.79 Å². The Hall–Kier alpha value is -1.59. The summed E-state index contributed by atoms with van der Waals surface area (Å²) >= 11 is 0. The van der Waals surface area contributed by atoms with Crippen molar-refractivity contribution < 1.29 is 19.0 Å². The highest BCUT2D eigenvalue weighted by atomic mass is 16.7. The van der Waals surface area contributed by atoms with Crippen LogP contribution in [0.25, 0.3) is 0 Å². The Bertz CT molecular complexity index is 568. The molecular weight excluding hydrogens is 294 g/mol. The van der Waals surface area contributed by atoms with Crippen molar-refractivity contribution >= 4 is 5.91 Å². The van der Waals surface area contributed by atoms with E-state index in [1.807, 2.05) is 23.1 Å². The number of ether oxygens (including phenoxy) is 3. The number of carbonyl (C=O) groups excluding carboxylic acids is 1. The van der Waals surface area contributed by atoms with E-state index in [1.54, 1.807) is 7.11 Å². The highest BCUT2D eigenvalue weighted by molar-refractivity contribution is 5.97. The number of benzene rings is 1. The number of likely N-dealkylation sites (tertiary alicyclic amines) is 1. The first-order chi connectivity index (χ1) is 11.0. The number of rotatable bonds is 3. The van der Waals surface area contributed by atoms with E-state index in [0.717, 1.165) is 12.8 Å². The number of piperidine rings is 1. The fraction of sp³-hybridized carbons (Fsp3) is 0.611. The number of carbonyl (C=O) groups is 1. The third-order valence-corrected chi connectivity index (χ3v) is 4.75. The van der Waals surface area contributed by atoms with Gasteiger partial charge >= 0.3 is 0 Å². The Morgan fingerprint density at radius 2 is 1.87 bits per heavy atom. The molecule has 0 aliphatic carbocycles. The van der Waals surface area contributed by atoms with Gasteiger partial charge in [-0.15, -0.1) is 0 Å². The molecule has 0 saturated carbocycles. The zero-order chi connectivity index (χ0) is 16.4. The summed E-state index contributed by atoms with van der Waals surface area (Å²) in [5.41, 5.74) is 1.80. The molecule has 1 aromatic carbocycles. The molecule has 23 heavy (non-hydrogen) atoms. The minimum Gasteiger partial charge on any atom is -0.496 e. The van der Waals surface area contributed by atoms with Crippen molar-refractivity contribution in [2.75, 3.05) is 33.4 Å². The van der Waals surface area contributed by atoms with E-state index >= 15 is 0 Å². The lowest BCUT2D eigenvalue weighted by atomic mass is 9.99. The molecule has 0 aromatic heterocycles. The van der Waals surface area contributed by atoms with Crippen LogP contribution in [0.1, 0.15) is 48.5 Å². The van der Waals surface area contributed by atoms with Crippen LogP contribution in [0, 0.1) is 0 Å². The third-order valence-electron chi connectivity index (χ3n) is 4.75. The first-order valence-corrected chi connectivity index (χ1v) is 8.30. The molecule has 2 heterocycles. The molecule has 0 N–H and O–H groups in total. The largest absolute Gasteiger partial charge is 0.496 e. The molecule has 126 valence electrons. The predicted molar refractivity (Wildman–Crippen MR) is 86.9 cm³/mol. The second kappa shape index (κ2) is 6.49. The lowest BCUT2D eigenvalue weighted by molar-refractivity contribution is -0.181. The quantitative estimate of drug-likeness (QED) is 0.859. The predicted octanol–water partition coefficient (Wildman–Crippen LogP) is 2.80. The molecule has 2 aliphatic rings. The lowest BCUT2D eigenvalue weighted by Crippen LogP contribution is -2.47. The number of amides is 1. The van der Waals surface area contributed by atoms with E-state index in [1.165, 1.54) is 5.56 Å². The smallest absolute Gasteiger partial charge is 0.257 e. The van der Waals surface area contributed by atoms with Crippen molar-refractivity contribution in [1.82, 2.24) is 4.90 Å². The average molecular weight is 319 g/mol. The van der Waals surface area contributed by atoms with E-state index in [0.29, 0.717) is 43.5 Å². The van der Waals surface area contributed by atoms with Gasteiger partial charge < -0.3 is 19.1 Å². The van der Waals surface area contributed by atoms with Crippen LogP contribution in [0.2, 0.25) is 0 Å². The zero-order valence-electron chi connectivity index (χ0n) is 14.1. The Kier molecular flexibility index (Phi) is 4.60. The maximum atomic E-state index is 12.8. The second-order valence-corrected chi connectivity index (χ2v) is 6.51. The van der Waals surface area contributed by atoms with E-state index in [9.17, 15) is 4.79 Å². The van der Waals surface area contributed by atoms with E-state index in [4.69, 9.17) is 14.2 Å². The molecule has 3 rings (SSSR count). The van der Waals surface area contributed by atoms with Crippen LogP contribution in [-0.4, -0.2) is 50.0 Å². The fourth-order valence-corrected chi connectivity index (χ4v) is 3.25.